The molecule has 2 saturated heterocycles. The average Bonchev–Trinajstić information content (AvgIpc) is 2.34. The van der Waals surface area contributed by atoms with E-state index in [2.05, 4.69) is 6.92 Å². The molecule has 0 bridgehead atoms. The highest BCUT2D eigenvalue weighted by atomic mass is 15.2. The zero-order valence-electron chi connectivity index (χ0n) is 6.90. The Morgan fingerprint density at radius 1 is 1.10 bits per heavy atom. The van der Waals surface area contributed by atoms with Crippen molar-refractivity contribution in [3.63, 3.8) is 0 Å². The number of nitrogens with one attached hydrogen (secondary N) is 1. The van der Waals surface area contributed by atoms with E-state index in [9.17, 15) is 0 Å². The Kier molecular flexibility index (Phi) is 1.69. The Morgan fingerprint density at radius 3 is 2.80 bits per heavy atom. The molecular weight excluding hydrogens is 122 g/mol. The molecule has 2 heterocycles. The molecule has 0 aromatic heterocycles. The van der Waals surface area contributed by atoms with E-state index in [0.29, 0.717) is 0 Å². The van der Waals surface area contributed by atoms with Gasteiger partial charge in [0.1, 0.15) is 0 Å². The van der Waals surface area contributed by atoms with Gasteiger partial charge >= 0.3 is 0 Å². The number of fused-ring (bicyclic) bond motifs is 1. The number of rotatable bonds is 0. The summed E-state index contributed by atoms with van der Waals surface area (Å²) in [5.74, 6) is 0. The molecule has 1 nitrogen and oxygen atoms in total. The van der Waals surface area contributed by atoms with Gasteiger partial charge < -0.3 is 4.90 Å². The largest absolute Gasteiger partial charge is 0.330 e. The lowest BCUT2D eigenvalue weighted by atomic mass is 10.0. The second kappa shape index (κ2) is 2.54. The van der Waals surface area contributed by atoms with Crippen molar-refractivity contribution in [2.45, 2.75) is 51.1 Å². The van der Waals surface area contributed by atoms with Crippen LogP contribution in [0.15, 0.2) is 0 Å². The Balaban J connectivity index is 2.01. The predicted molar refractivity (Wildman–Crippen MR) is 42.2 cm³/mol. The lowest BCUT2D eigenvalue weighted by Crippen LogP contribution is -3.17. The normalized spacial score (nSPS) is 47.1. The Hall–Kier alpha value is -0.0400. The van der Waals surface area contributed by atoms with E-state index >= 15 is 0 Å². The smallest absolute Gasteiger partial charge is 0.0879 e. The zero-order chi connectivity index (χ0) is 6.97. The third-order valence-corrected chi connectivity index (χ3v) is 3.37. The minimum Gasteiger partial charge on any atom is -0.330 e. The van der Waals surface area contributed by atoms with Gasteiger partial charge in [-0.3, -0.25) is 0 Å². The highest BCUT2D eigenvalue weighted by Crippen LogP contribution is 2.15. The quantitative estimate of drug-likeness (QED) is 0.503. The average molecular weight is 140 g/mol. The molecule has 1 N–H and O–H groups in total. The molecule has 58 valence electrons. The van der Waals surface area contributed by atoms with Gasteiger partial charge in [0.25, 0.3) is 0 Å². The van der Waals surface area contributed by atoms with Crippen LogP contribution < -0.4 is 4.90 Å². The molecular formula is C9H18N+. The van der Waals surface area contributed by atoms with E-state index in [1.54, 1.807) is 0 Å². The van der Waals surface area contributed by atoms with E-state index in [-0.39, 0.29) is 0 Å². The van der Waals surface area contributed by atoms with Crippen LogP contribution in [-0.2, 0) is 0 Å². The Labute approximate surface area is 63.4 Å². The van der Waals surface area contributed by atoms with Gasteiger partial charge in [-0.2, -0.15) is 0 Å². The Bertz CT molecular complexity index is 120. The first-order valence-electron chi connectivity index (χ1n) is 4.73. The molecule has 0 saturated carbocycles. The monoisotopic (exact) mass is 140 g/mol. The maximum atomic E-state index is 2.42. The fraction of sp³-hybridized carbons (Fsp3) is 1.00. The van der Waals surface area contributed by atoms with E-state index in [0.717, 1.165) is 12.1 Å². The van der Waals surface area contributed by atoms with E-state index in [1.807, 2.05) is 4.90 Å². The predicted octanol–water partition coefficient (Wildman–Crippen LogP) is 0.606. The summed E-state index contributed by atoms with van der Waals surface area (Å²) in [6.45, 7) is 3.88. The topological polar surface area (TPSA) is 4.44 Å². The number of hydrogen-bond acceptors (Lipinski definition) is 0. The molecule has 1 heteroatoms. The molecule has 3 unspecified atom stereocenters. The molecule has 0 aromatic carbocycles. The van der Waals surface area contributed by atoms with Crippen molar-refractivity contribution in [2.75, 3.05) is 6.54 Å². The first kappa shape index (κ1) is 6.66. The first-order valence-corrected chi connectivity index (χ1v) is 4.73. The van der Waals surface area contributed by atoms with Crippen LogP contribution in [0.25, 0.3) is 0 Å². The molecule has 2 fully saturated rings. The van der Waals surface area contributed by atoms with E-state index in [4.69, 9.17) is 0 Å². The molecule has 3 atom stereocenters. The van der Waals surface area contributed by atoms with Gasteiger partial charge in [0.05, 0.1) is 18.6 Å². The third kappa shape index (κ3) is 0.968. The SMILES string of the molecule is CC1CCC2CCCC[NH+]12. The van der Waals surface area contributed by atoms with E-state index < -0.39 is 0 Å². The van der Waals surface area contributed by atoms with Crippen molar-refractivity contribution in [3.05, 3.63) is 0 Å². The van der Waals surface area contributed by atoms with Crippen molar-refractivity contribution in [2.24, 2.45) is 0 Å². The fourth-order valence-electron chi connectivity index (χ4n) is 2.72. The molecule has 0 aromatic rings. The van der Waals surface area contributed by atoms with Gasteiger partial charge in [-0.05, 0) is 26.2 Å². The molecule has 0 spiro atoms. The van der Waals surface area contributed by atoms with Crippen molar-refractivity contribution in [1.29, 1.82) is 0 Å². The zero-order valence-corrected chi connectivity index (χ0v) is 6.90. The van der Waals surface area contributed by atoms with Crippen LogP contribution in [-0.4, -0.2) is 18.6 Å². The molecule has 0 radical (unpaired) electrons. The summed E-state index contributed by atoms with van der Waals surface area (Å²) < 4.78 is 0. The van der Waals surface area contributed by atoms with Crippen LogP contribution in [0.4, 0.5) is 0 Å². The molecule has 0 amide bonds. The summed E-state index contributed by atoms with van der Waals surface area (Å²) in [4.78, 5) is 1.92. The maximum absolute atomic E-state index is 2.42. The number of hydrogen-bond donors (Lipinski definition) is 1. The first-order chi connectivity index (χ1) is 4.88. The third-order valence-electron chi connectivity index (χ3n) is 3.37. The van der Waals surface area contributed by atoms with Crippen LogP contribution in [0.5, 0.6) is 0 Å². The van der Waals surface area contributed by atoms with Crippen LogP contribution in [0.1, 0.15) is 39.0 Å². The minimum atomic E-state index is 0.977. The van der Waals surface area contributed by atoms with Crippen molar-refractivity contribution < 1.29 is 4.90 Å². The van der Waals surface area contributed by atoms with E-state index in [1.165, 1.54) is 38.6 Å². The molecule has 10 heavy (non-hydrogen) atoms. The standard InChI is InChI=1S/C9H17N/c1-8-5-6-9-4-2-3-7-10(8)9/h8-9H,2-7H2,1H3/p+1. The fourth-order valence-corrected chi connectivity index (χ4v) is 2.72. The minimum absolute atomic E-state index is 0.977. The second-order valence-corrected chi connectivity index (χ2v) is 4.00. The maximum Gasteiger partial charge on any atom is 0.0879 e. The summed E-state index contributed by atoms with van der Waals surface area (Å²) in [5, 5.41) is 0. The lowest BCUT2D eigenvalue weighted by molar-refractivity contribution is -0.938. The second-order valence-electron chi connectivity index (χ2n) is 4.00. The summed E-state index contributed by atoms with van der Waals surface area (Å²) in [6.07, 6.45) is 7.49. The molecule has 2 aliphatic heterocycles. The van der Waals surface area contributed by atoms with Crippen LogP contribution in [0.2, 0.25) is 0 Å². The van der Waals surface area contributed by atoms with Crippen molar-refractivity contribution in [1.82, 2.24) is 0 Å². The molecule has 2 aliphatic rings. The van der Waals surface area contributed by atoms with Crippen molar-refractivity contribution in [3.8, 4) is 0 Å². The van der Waals surface area contributed by atoms with Gasteiger partial charge in [0.15, 0.2) is 0 Å². The van der Waals surface area contributed by atoms with Gasteiger partial charge in [0.2, 0.25) is 0 Å². The highest BCUT2D eigenvalue weighted by Gasteiger charge is 2.35. The number of piperidine rings is 1. The Morgan fingerprint density at radius 2 is 2.00 bits per heavy atom. The van der Waals surface area contributed by atoms with Gasteiger partial charge in [-0.15, -0.1) is 0 Å². The molecule has 0 aliphatic carbocycles. The summed E-state index contributed by atoms with van der Waals surface area (Å²) in [6, 6.07) is 2.04. The van der Waals surface area contributed by atoms with Crippen LogP contribution in [0.3, 0.4) is 0 Å². The lowest BCUT2D eigenvalue weighted by Gasteiger charge is -2.29. The van der Waals surface area contributed by atoms with Crippen LogP contribution in [0, 0.1) is 0 Å². The summed E-state index contributed by atoms with van der Waals surface area (Å²) in [5.41, 5.74) is 0. The summed E-state index contributed by atoms with van der Waals surface area (Å²) >= 11 is 0. The van der Waals surface area contributed by atoms with Crippen molar-refractivity contribution >= 4 is 0 Å². The number of quaternary nitrogens is 1. The summed E-state index contributed by atoms with van der Waals surface area (Å²) in [7, 11) is 0. The highest BCUT2D eigenvalue weighted by molar-refractivity contribution is 4.70. The van der Waals surface area contributed by atoms with Crippen LogP contribution >= 0.6 is 0 Å². The van der Waals surface area contributed by atoms with Gasteiger partial charge in [0, 0.05) is 12.8 Å². The molecule has 2 rings (SSSR count). The van der Waals surface area contributed by atoms with Gasteiger partial charge in [-0.1, -0.05) is 0 Å². The van der Waals surface area contributed by atoms with Gasteiger partial charge in [-0.25, -0.2) is 0 Å².